The summed E-state index contributed by atoms with van der Waals surface area (Å²) in [7, 11) is 0. The molecule has 1 aliphatic heterocycles. The maximum atomic E-state index is 12.8. The van der Waals surface area contributed by atoms with Gasteiger partial charge in [-0.3, -0.25) is 9.20 Å². The molecule has 0 radical (unpaired) electrons. The Morgan fingerprint density at radius 3 is 2.83 bits per heavy atom. The van der Waals surface area contributed by atoms with Gasteiger partial charge >= 0.3 is 0 Å². The zero-order chi connectivity index (χ0) is 20.2. The zero-order valence-corrected chi connectivity index (χ0v) is 16.9. The minimum atomic E-state index is -0.0524. The lowest BCUT2D eigenvalue weighted by molar-refractivity contribution is -0.125. The summed E-state index contributed by atoms with van der Waals surface area (Å²) >= 11 is 0. The van der Waals surface area contributed by atoms with Crippen molar-refractivity contribution >= 4 is 17.5 Å². The summed E-state index contributed by atoms with van der Waals surface area (Å²) in [6.45, 7) is 6.07. The number of ether oxygens (including phenoxy) is 1. The standard InChI is InChI=1S/C22H27N5O2/c1-16(2)29-19-10-8-17(9-11-19)14-23-21(28)18-6-5-12-26(15-18)22-25-24-20-7-3-4-13-27(20)22/h3-4,7-11,13,16,18H,5-6,12,14-15H2,1-2H3,(H,23,28). The number of nitrogens with zero attached hydrogens (tertiary/aromatic N) is 4. The van der Waals surface area contributed by atoms with E-state index in [4.69, 9.17) is 4.74 Å². The number of hydrogen-bond donors (Lipinski definition) is 1. The maximum Gasteiger partial charge on any atom is 0.231 e. The van der Waals surface area contributed by atoms with E-state index >= 15 is 0 Å². The molecule has 1 fully saturated rings. The average Bonchev–Trinajstić information content (AvgIpc) is 3.17. The van der Waals surface area contributed by atoms with Crippen molar-refractivity contribution in [1.29, 1.82) is 0 Å². The van der Waals surface area contributed by atoms with Crippen molar-refractivity contribution in [3.8, 4) is 5.75 Å². The van der Waals surface area contributed by atoms with Crippen LogP contribution in [0.2, 0.25) is 0 Å². The molecule has 1 aromatic carbocycles. The molecule has 1 saturated heterocycles. The number of piperidine rings is 1. The van der Waals surface area contributed by atoms with E-state index in [0.29, 0.717) is 13.1 Å². The molecule has 2 aromatic heterocycles. The van der Waals surface area contributed by atoms with Gasteiger partial charge in [0.2, 0.25) is 11.9 Å². The summed E-state index contributed by atoms with van der Waals surface area (Å²) in [5.41, 5.74) is 1.88. The van der Waals surface area contributed by atoms with Gasteiger partial charge in [-0.2, -0.15) is 0 Å². The van der Waals surface area contributed by atoms with E-state index in [9.17, 15) is 4.79 Å². The topological polar surface area (TPSA) is 71.8 Å². The second-order valence-electron chi connectivity index (χ2n) is 7.74. The van der Waals surface area contributed by atoms with Crippen LogP contribution in [-0.4, -0.2) is 39.7 Å². The molecule has 29 heavy (non-hydrogen) atoms. The van der Waals surface area contributed by atoms with E-state index in [1.165, 1.54) is 0 Å². The van der Waals surface area contributed by atoms with Gasteiger partial charge in [0.15, 0.2) is 5.65 Å². The van der Waals surface area contributed by atoms with Crippen LogP contribution in [0.5, 0.6) is 5.75 Å². The van der Waals surface area contributed by atoms with E-state index in [-0.39, 0.29) is 17.9 Å². The quantitative estimate of drug-likeness (QED) is 0.697. The molecule has 1 N–H and O–H groups in total. The van der Waals surface area contributed by atoms with E-state index < -0.39 is 0 Å². The Hall–Kier alpha value is -3.09. The summed E-state index contributed by atoms with van der Waals surface area (Å²) in [5, 5.41) is 11.6. The fourth-order valence-electron chi connectivity index (χ4n) is 3.71. The molecule has 7 heteroatoms. The lowest BCUT2D eigenvalue weighted by Crippen LogP contribution is -2.43. The van der Waals surface area contributed by atoms with Crippen LogP contribution in [-0.2, 0) is 11.3 Å². The number of benzene rings is 1. The zero-order valence-electron chi connectivity index (χ0n) is 16.9. The fourth-order valence-corrected chi connectivity index (χ4v) is 3.71. The van der Waals surface area contributed by atoms with Crippen molar-refractivity contribution in [2.24, 2.45) is 5.92 Å². The lowest BCUT2D eigenvalue weighted by atomic mass is 9.97. The first-order valence-corrected chi connectivity index (χ1v) is 10.2. The molecule has 7 nitrogen and oxygen atoms in total. The van der Waals surface area contributed by atoms with Crippen LogP contribution >= 0.6 is 0 Å². The predicted octanol–water partition coefficient (Wildman–Crippen LogP) is 3.05. The minimum Gasteiger partial charge on any atom is -0.491 e. The van der Waals surface area contributed by atoms with Crippen LogP contribution in [0.1, 0.15) is 32.3 Å². The molecule has 1 amide bonds. The molecule has 1 atom stereocenters. The molecule has 4 rings (SSSR count). The number of pyridine rings is 1. The highest BCUT2D eigenvalue weighted by atomic mass is 16.5. The third-order valence-corrected chi connectivity index (χ3v) is 5.13. The molecule has 1 unspecified atom stereocenters. The highest BCUT2D eigenvalue weighted by Crippen LogP contribution is 2.23. The summed E-state index contributed by atoms with van der Waals surface area (Å²) in [6.07, 6.45) is 3.96. The van der Waals surface area contributed by atoms with Crippen LogP contribution in [0.25, 0.3) is 5.65 Å². The second-order valence-corrected chi connectivity index (χ2v) is 7.74. The summed E-state index contributed by atoms with van der Waals surface area (Å²) in [6, 6.07) is 13.7. The Kier molecular flexibility index (Phi) is 5.64. The van der Waals surface area contributed by atoms with Gasteiger partial charge in [0.05, 0.1) is 12.0 Å². The lowest BCUT2D eigenvalue weighted by Gasteiger charge is -2.32. The Bertz CT molecular complexity index is 967. The highest BCUT2D eigenvalue weighted by molar-refractivity contribution is 5.79. The minimum absolute atomic E-state index is 0.0524. The van der Waals surface area contributed by atoms with Crippen molar-refractivity contribution in [1.82, 2.24) is 19.9 Å². The molecular formula is C22H27N5O2. The van der Waals surface area contributed by atoms with Gasteiger partial charge in [0, 0.05) is 25.8 Å². The van der Waals surface area contributed by atoms with E-state index in [1.54, 1.807) is 0 Å². The Balaban J connectivity index is 1.35. The van der Waals surface area contributed by atoms with Gasteiger partial charge in [-0.15, -0.1) is 10.2 Å². The molecule has 0 aliphatic carbocycles. The molecular weight excluding hydrogens is 366 g/mol. The SMILES string of the molecule is CC(C)Oc1ccc(CNC(=O)C2CCCN(c3nnc4ccccn34)C2)cc1. The number of carbonyl (C=O) groups excluding carboxylic acids is 1. The number of fused-ring (bicyclic) bond motifs is 1. The largest absolute Gasteiger partial charge is 0.491 e. The number of hydrogen-bond acceptors (Lipinski definition) is 5. The van der Waals surface area contributed by atoms with Gasteiger partial charge < -0.3 is 15.0 Å². The van der Waals surface area contributed by atoms with Gasteiger partial charge in [-0.1, -0.05) is 18.2 Å². The normalized spacial score (nSPS) is 16.9. The maximum absolute atomic E-state index is 12.8. The number of carbonyl (C=O) groups is 1. The molecule has 3 heterocycles. The number of nitrogens with one attached hydrogen (secondary N) is 1. The Labute approximate surface area is 170 Å². The smallest absolute Gasteiger partial charge is 0.231 e. The van der Waals surface area contributed by atoms with Crippen molar-refractivity contribution in [2.45, 2.75) is 39.3 Å². The first kappa shape index (κ1) is 19.2. The van der Waals surface area contributed by atoms with E-state index in [0.717, 1.165) is 42.3 Å². The van der Waals surface area contributed by atoms with Crippen LogP contribution < -0.4 is 15.0 Å². The van der Waals surface area contributed by atoms with Gasteiger partial charge in [0.25, 0.3) is 0 Å². The van der Waals surface area contributed by atoms with E-state index in [1.807, 2.05) is 66.9 Å². The average molecular weight is 393 g/mol. The summed E-state index contributed by atoms with van der Waals surface area (Å²) in [5.74, 6) is 1.69. The first-order chi connectivity index (χ1) is 14.1. The van der Waals surface area contributed by atoms with Crippen molar-refractivity contribution in [2.75, 3.05) is 18.0 Å². The Morgan fingerprint density at radius 1 is 1.21 bits per heavy atom. The summed E-state index contributed by atoms with van der Waals surface area (Å²) < 4.78 is 7.64. The van der Waals surface area contributed by atoms with Crippen molar-refractivity contribution < 1.29 is 9.53 Å². The van der Waals surface area contributed by atoms with Gasteiger partial charge in [-0.25, -0.2) is 0 Å². The van der Waals surface area contributed by atoms with Crippen molar-refractivity contribution in [3.63, 3.8) is 0 Å². The van der Waals surface area contributed by atoms with Crippen LogP contribution in [0.3, 0.4) is 0 Å². The van der Waals surface area contributed by atoms with Crippen LogP contribution in [0, 0.1) is 5.92 Å². The number of amides is 1. The van der Waals surface area contributed by atoms with Gasteiger partial charge in [-0.05, 0) is 56.5 Å². The van der Waals surface area contributed by atoms with Crippen LogP contribution in [0.15, 0.2) is 48.7 Å². The monoisotopic (exact) mass is 393 g/mol. The number of anilines is 1. The van der Waals surface area contributed by atoms with E-state index in [2.05, 4.69) is 20.4 Å². The second kappa shape index (κ2) is 8.51. The van der Waals surface area contributed by atoms with Gasteiger partial charge in [0.1, 0.15) is 5.75 Å². The van der Waals surface area contributed by atoms with Crippen LogP contribution in [0.4, 0.5) is 5.95 Å². The third-order valence-electron chi connectivity index (χ3n) is 5.13. The fraction of sp³-hybridized carbons (Fsp3) is 0.409. The summed E-state index contributed by atoms with van der Waals surface area (Å²) in [4.78, 5) is 14.9. The highest BCUT2D eigenvalue weighted by Gasteiger charge is 2.28. The molecule has 3 aromatic rings. The predicted molar refractivity (Wildman–Crippen MR) is 112 cm³/mol. The number of rotatable bonds is 6. The molecule has 1 aliphatic rings. The third kappa shape index (κ3) is 4.50. The molecule has 152 valence electrons. The molecule has 0 bridgehead atoms. The Morgan fingerprint density at radius 2 is 2.03 bits per heavy atom. The van der Waals surface area contributed by atoms with Crippen molar-refractivity contribution in [3.05, 3.63) is 54.2 Å². The molecule has 0 saturated carbocycles. The molecule has 0 spiro atoms. The number of aromatic nitrogens is 3. The first-order valence-electron chi connectivity index (χ1n) is 10.2.